The zero-order chi connectivity index (χ0) is 20.8. The van der Waals surface area contributed by atoms with Crippen LogP contribution in [-0.2, 0) is 4.79 Å². The van der Waals surface area contributed by atoms with Gasteiger partial charge in [-0.15, -0.1) is 0 Å². The number of benzene rings is 2. The number of nitrogens with one attached hydrogen (secondary N) is 1. The van der Waals surface area contributed by atoms with E-state index in [0.29, 0.717) is 48.2 Å². The lowest BCUT2D eigenvalue weighted by Crippen LogP contribution is -2.38. The second-order valence-corrected chi connectivity index (χ2v) is 7.26. The van der Waals surface area contributed by atoms with Gasteiger partial charge in [-0.2, -0.15) is 0 Å². The number of amides is 2. The molecule has 0 atom stereocenters. The molecule has 154 valence electrons. The van der Waals surface area contributed by atoms with Crippen molar-refractivity contribution in [3.63, 3.8) is 0 Å². The highest BCUT2D eigenvalue weighted by Gasteiger charge is 2.22. The first-order valence-electron chi connectivity index (χ1n) is 9.37. The van der Waals surface area contributed by atoms with E-state index in [1.165, 1.54) is 31.4 Å². The van der Waals surface area contributed by atoms with Gasteiger partial charge in [-0.1, -0.05) is 11.6 Å². The Bertz CT molecular complexity index is 876. The van der Waals surface area contributed by atoms with Crippen molar-refractivity contribution in [3.05, 3.63) is 58.9 Å². The number of nitrogens with zero attached hydrogens (tertiary/aromatic N) is 2. The lowest BCUT2D eigenvalue weighted by molar-refractivity contribution is -0.117. The average molecular weight is 420 g/mol. The summed E-state index contributed by atoms with van der Waals surface area (Å²) < 4.78 is 18.3. The second kappa shape index (κ2) is 9.71. The van der Waals surface area contributed by atoms with Gasteiger partial charge < -0.3 is 15.0 Å². The lowest BCUT2D eigenvalue weighted by Gasteiger charge is -2.22. The molecule has 6 nitrogen and oxygen atoms in total. The van der Waals surface area contributed by atoms with Crippen molar-refractivity contribution in [1.29, 1.82) is 0 Å². The molecule has 1 aliphatic rings. The van der Waals surface area contributed by atoms with Crippen LogP contribution >= 0.6 is 11.6 Å². The van der Waals surface area contributed by atoms with Crippen LogP contribution in [0.15, 0.2) is 42.5 Å². The summed E-state index contributed by atoms with van der Waals surface area (Å²) in [4.78, 5) is 28.8. The molecule has 2 aromatic rings. The number of hydrogen-bond donors (Lipinski definition) is 1. The molecule has 8 heteroatoms. The summed E-state index contributed by atoms with van der Waals surface area (Å²) in [6.07, 6.45) is 0.751. The summed E-state index contributed by atoms with van der Waals surface area (Å²) in [6, 6.07) is 10.6. The molecule has 1 N–H and O–H groups in total. The molecule has 1 saturated heterocycles. The third-order valence-electron chi connectivity index (χ3n) is 4.77. The highest BCUT2D eigenvalue weighted by atomic mass is 35.5. The molecule has 0 unspecified atom stereocenters. The van der Waals surface area contributed by atoms with E-state index in [0.717, 1.165) is 6.42 Å². The molecule has 2 aromatic carbocycles. The number of rotatable bonds is 5. The Morgan fingerprint density at radius 3 is 2.59 bits per heavy atom. The molecular formula is C21H23ClFN3O3. The van der Waals surface area contributed by atoms with Gasteiger partial charge in [-0.25, -0.2) is 4.39 Å². The molecule has 2 amide bonds. The topological polar surface area (TPSA) is 61.9 Å². The Kier molecular flexibility index (Phi) is 7.06. The van der Waals surface area contributed by atoms with Crippen LogP contribution in [0.2, 0.25) is 5.02 Å². The van der Waals surface area contributed by atoms with Crippen molar-refractivity contribution >= 4 is 29.1 Å². The van der Waals surface area contributed by atoms with E-state index in [1.807, 2.05) is 4.90 Å². The number of hydrogen-bond acceptors (Lipinski definition) is 4. The van der Waals surface area contributed by atoms with Crippen LogP contribution in [0.5, 0.6) is 5.75 Å². The number of methoxy groups -OCH3 is 1. The van der Waals surface area contributed by atoms with Gasteiger partial charge in [0.15, 0.2) is 0 Å². The van der Waals surface area contributed by atoms with Crippen molar-refractivity contribution in [2.45, 2.75) is 6.42 Å². The molecule has 0 spiro atoms. The van der Waals surface area contributed by atoms with Crippen molar-refractivity contribution in [1.82, 2.24) is 9.80 Å². The average Bonchev–Trinajstić information content (AvgIpc) is 2.94. The molecule has 0 bridgehead atoms. The lowest BCUT2D eigenvalue weighted by atomic mass is 10.2. The minimum Gasteiger partial charge on any atom is -0.495 e. The third kappa shape index (κ3) is 5.68. The normalized spacial score (nSPS) is 14.9. The number of halogens is 2. The predicted molar refractivity (Wildman–Crippen MR) is 110 cm³/mol. The Hall–Kier alpha value is -2.64. The predicted octanol–water partition coefficient (Wildman–Crippen LogP) is 3.27. The summed E-state index contributed by atoms with van der Waals surface area (Å²) in [5.74, 6) is -0.135. The third-order valence-corrected chi connectivity index (χ3v) is 5.00. The minimum atomic E-state index is -0.370. The van der Waals surface area contributed by atoms with E-state index in [2.05, 4.69) is 5.32 Å². The summed E-state index contributed by atoms with van der Waals surface area (Å²) >= 11 is 6.00. The van der Waals surface area contributed by atoms with Gasteiger partial charge in [0.2, 0.25) is 5.91 Å². The second-order valence-electron chi connectivity index (χ2n) is 6.82. The number of carbonyl (C=O) groups excluding carboxylic acids is 2. The van der Waals surface area contributed by atoms with Gasteiger partial charge in [0, 0.05) is 36.8 Å². The van der Waals surface area contributed by atoms with Gasteiger partial charge in [-0.05, 0) is 48.9 Å². The maximum atomic E-state index is 13.1. The van der Waals surface area contributed by atoms with Crippen molar-refractivity contribution in [2.75, 3.05) is 45.2 Å². The minimum absolute atomic E-state index is 0.125. The van der Waals surface area contributed by atoms with Gasteiger partial charge in [0.1, 0.15) is 11.6 Å². The summed E-state index contributed by atoms with van der Waals surface area (Å²) in [6.45, 7) is 2.58. The Labute approximate surface area is 174 Å². The van der Waals surface area contributed by atoms with E-state index in [9.17, 15) is 14.0 Å². The van der Waals surface area contributed by atoms with Gasteiger partial charge >= 0.3 is 0 Å². The number of carbonyl (C=O) groups is 2. The Morgan fingerprint density at radius 2 is 1.86 bits per heavy atom. The quantitative estimate of drug-likeness (QED) is 0.808. The van der Waals surface area contributed by atoms with Crippen LogP contribution in [0, 0.1) is 5.82 Å². The molecule has 0 radical (unpaired) electrons. The fraction of sp³-hybridized carbons (Fsp3) is 0.333. The van der Waals surface area contributed by atoms with E-state index in [-0.39, 0.29) is 24.2 Å². The van der Waals surface area contributed by atoms with E-state index < -0.39 is 0 Å². The molecule has 0 aliphatic carbocycles. The van der Waals surface area contributed by atoms with Crippen LogP contribution in [0.1, 0.15) is 16.8 Å². The molecule has 3 rings (SSSR count). The Balaban J connectivity index is 1.55. The maximum Gasteiger partial charge on any atom is 0.253 e. The molecule has 1 aliphatic heterocycles. The Morgan fingerprint density at radius 1 is 1.10 bits per heavy atom. The highest BCUT2D eigenvalue weighted by molar-refractivity contribution is 6.31. The molecule has 1 fully saturated rings. The van der Waals surface area contributed by atoms with Crippen molar-refractivity contribution in [3.8, 4) is 5.75 Å². The first kappa shape index (κ1) is 21.1. The maximum absolute atomic E-state index is 13.1. The zero-order valence-electron chi connectivity index (χ0n) is 16.2. The number of ether oxygens (including phenoxy) is 1. The molecular weight excluding hydrogens is 397 g/mol. The SMILES string of the molecule is COc1ccc(Cl)cc1NC(=O)CN1CCCN(C(=O)c2ccc(F)cc2)CC1. The first-order chi connectivity index (χ1) is 14.0. The molecule has 29 heavy (non-hydrogen) atoms. The number of anilines is 1. The van der Waals surface area contributed by atoms with Gasteiger partial charge in [0.25, 0.3) is 5.91 Å². The van der Waals surface area contributed by atoms with Crippen LogP contribution in [-0.4, -0.2) is 61.4 Å². The van der Waals surface area contributed by atoms with Gasteiger partial charge in [-0.3, -0.25) is 14.5 Å². The van der Waals surface area contributed by atoms with Crippen LogP contribution in [0.3, 0.4) is 0 Å². The standard InChI is InChI=1S/C21H23ClFN3O3/c1-29-19-8-5-16(22)13-18(19)24-20(27)14-25-9-2-10-26(12-11-25)21(28)15-3-6-17(23)7-4-15/h3-8,13H,2,9-12,14H2,1H3,(H,24,27). The van der Waals surface area contributed by atoms with Crippen LogP contribution in [0.25, 0.3) is 0 Å². The smallest absolute Gasteiger partial charge is 0.253 e. The summed E-state index contributed by atoms with van der Waals surface area (Å²) in [5, 5.41) is 3.33. The van der Waals surface area contributed by atoms with E-state index >= 15 is 0 Å². The van der Waals surface area contributed by atoms with Crippen LogP contribution in [0.4, 0.5) is 10.1 Å². The summed E-state index contributed by atoms with van der Waals surface area (Å²) in [5.41, 5.74) is 0.985. The van der Waals surface area contributed by atoms with Crippen molar-refractivity contribution in [2.24, 2.45) is 0 Å². The molecule has 0 saturated carbocycles. The fourth-order valence-corrected chi connectivity index (χ4v) is 3.45. The van der Waals surface area contributed by atoms with Gasteiger partial charge in [0.05, 0.1) is 19.3 Å². The zero-order valence-corrected chi connectivity index (χ0v) is 16.9. The highest BCUT2D eigenvalue weighted by Crippen LogP contribution is 2.27. The molecule has 1 heterocycles. The molecule has 0 aromatic heterocycles. The van der Waals surface area contributed by atoms with E-state index in [4.69, 9.17) is 16.3 Å². The van der Waals surface area contributed by atoms with E-state index in [1.54, 1.807) is 23.1 Å². The largest absolute Gasteiger partial charge is 0.495 e. The summed E-state index contributed by atoms with van der Waals surface area (Å²) in [7, 11) is 1.53. The first-order valence-corrected chi connectivity index (χ1v) is 9.74. The van der Waals surface area contributed by atoms with Crippen molar-refractivity contribution < 1.29 is 18.7 Å². The van der Waals surface area contributed by atoms with Crippen LogP contribution < -0.4 is 10.1 Å². The monoisotopic (exact) mass is 419 g/mol. The fourth-order valence-electron chi connectivity index (χ4n) is 3.28.